The zero-order chi connectivity index (χ0) is 20.8. The van der Waals surface area contributed by atoms with Crippen LogP contribution < -0.4 is 0 Å². The molecule has 1 N–H and O–H groups in total. The van der Waals surface area contributed by atoms with Crippen molar-refractivity contribution in [1.82, 2.24) is 4.90 Å². The number of aliphatic carboxylic acids is 1. The van der Waals surface area contributed by atoms with Crippen molar-refractivity contribution in [2.45, 2.75) is 104 Å². The summed E-state index contributed by atoms with van der Waals surface area (Å²) >= 11 is 0. The molecule has 0 aromatic heterocycles. The Kier molecular flexibility index (Phi) is 13.9. The van der Waals surface area contributed by atoms with Crippen LogP contribution >= 0.6 is 0 Å². The van der Waals surface area contributed by atoms with E-state index in [9.17, 15) is 4.79 Å². The zero-order valence-electron chi connectivity index (χ0n) is 19.1. The van der Waals surface area contributed by atoms with Crippen molar-refractivity contribution in [3.05, 3.63) is 0 Å². The maximum absolute atomic E-state index is 10.6. The minimum absolute atomic E-state index is 0.213. The molecule has 1 aliphatic heterocycles. The minimum atomic E-state index is -0.729. The predicted molar refractivity (Wildman–Crippen MR) is 118 cm³/mol. The Morgan fingerprint density at radius 1 is 1.11 bits per heavy atom. The number of carboxylic acids is 1. The number of likely N-dealkylation sites (tertiary alicyclic amines) is 1. The van der Waals surface area contributed by atoms with Gasteiger partial charge in [0.25, 0.3) is 0 Å². The lowest BCUT2D eigenvalue weighted by molar-refractivity contribution is -0.137. The van der Waals surface area contributed by atoms with Gasteiger partial charge in [-0.1, -0.05) is 53.4 Å². The van der Waals surface area contributed by atoms with Gasteiger partial charge in [0.15, 0.2) is 0 Å². The number of nitrogens with zero attached hydrogens (tertiary/aromatic N) is 1. The lowest BCUT2D eigenvalue weighted by Gasteiger charge is -2.33. The van der Waals surface area contributed by atoms with Crippen LogP contribution in [0.4, 0.5) is 0 Å². The summed E-state index contributed by atoms with van der Waals surface area (Å²) in [5.41, 5.74) is 0. The number of hydrogen-bond donors (Lipinski definition) is 1. The van der Waals surface area contributed by atoms with E-state index in [1.165, 1.54) is 64.5 Å². The molecule has 0 spiro atoms. The molecule has 4 heteroatoms. The highest BCUT2D eigenvalue weighted by atomic mass is 16.5. The molecular formula is C24H47NO3. The van der Waals surface area contributed by atoms with Crippen molar-refractivity contribution in [1.29, 1.82) is 0 Å². The van der Waals surface area contributed by atoms with Crippen molar-refractivity contribution in [3.8, 4) is 0 Å². The maximum atomic E-state index is 10.6. The van der Waals surface area contributed by atoms with Crippen LogP contribution in [0.15, 0.2) is 0 Å². The average molecular weight is 398 g/mol. The number of hydrogen-bond acceptors (Lipinski definition) is 3. The monoisotopic (exact) mass is 397 g/mol. The Morgan fingerprint density at radius 3 is 2.57 bits per heavy atom. The highest BCUT2D eigenvalue weighted by molar-refractivity contribution is 5.66. The van der Waals surface area contributed by atoms with Crippen LogP contribution in [0.1, 0.15) is 98.3 Å². The molecule has 1 rings (SSSR count). The largest absolute Gasteiger partial charge is 0.481 e. The molecule has 1 fully saturated rings. The molecule has 1 saturated heterocycles. The first-order chi connectivity index (χ1) is 13.4. The fourth-order valence-electron chi connectivity index (χ4n) is 4.41. The van der Waals surface area contributed by atoms with E-state index >= 15 is 0 Å². The third-order valence-corrected chi connectivity index (χ3v) is 6.42. The van der Waals surface area contributed by atoms with Crippen molar-refractivity contribution in [2.24, 2.45) is 17.8 Å². The van der Waals surface area contributed by atoms with Gasteiger partial charge in [-0.2, -0.15) is 0 Å². The summed E-state index contributed by atoms with van der Waals surface area (Å²) in [6.07, 6.45) is 13.0. The Morgan fingerprint density at radius 2 is 1.89 bits per heavy atom. The van der Waals surface area contributed by atoms with Gasteiger partial charge in [-0.3, -0.25) is 4.79 Å². The van der Waals surface area contributed by atoms with Gasteiger partial charge in [-0.25, -0.2) is 0 Å². The quantitative estimate of drug-likeness (QED) is 0.325. The molecule has 3 atom stereocenters. The first-order valence-corrected chi connectivity index (χ1v) is 12.0. The van der Waals surface area contributed by atoms with Crippen molar-refractivity contribution < 1.29 is 14.6 Å². The van der Waals surface area contributed by atoms with Gasteiger partial charge < -0.3 is 14.7 Å². The second kappa shape index (κ2) is 15.3. The Bertz CT molecular complexity index is 399. The second-order valence-corrected chi connectivity index (χ2v) is 9.40. The molecule has 0 saturated carbocycles. The van der Waals surface area contributed by atoms with E-state index in [4.69, 9.17) is 9.84 Å². The molecule has 0 radical (unpaired) electrons. The van der Waals surface area contributed by atoms with E-state index in [1.54, 1.807) is 0 Å². The van der Waals surface area contributed by atoms with E-state index in [2.05, 4.69) is 32.6 Å². The number of carbonyl (C=O) groups is 1. The van der Waals surface area contributed by atoms with Gasteiger partial charge in [0.1, 0.15) is 0 Å². The molecule has 2 unspecified atom stereocenters. The van der Waals surface area contributed by atoms with Gasteiger partial charge in [0.2, 0.25) is 0 Å². The molecule has 4 nitrogen and oxygen atoms in total. The highest BCUT2D eigenvalue weighted by Gasteiger charge is 2.20. The summed E-state index contributed by atoms with van der Waals surface area (Å²) in [7, 11) is 0. The Labute approximate surface area is 174 Å². The molecule has 0 amide bonds. The van der Waals surface area contributed by atoms with Crippen LogP contribution in [0, 0.1) is 17.8 Å². The summed E-state index contributed by atoms with van der Waals surface area (Å²) in [4.78, 5) is 13.1. The summed E-state index contributed by atoms with van der Waals surface area (Å²) in [6, 6.07) is 0. The lowest BCUT2D eigenvalue weighted by atomic mass is 9.84. The average Bonchev–Trinajstić information content (AvgIpc) is 2.65. The number of piperidine rings is 1. The van der Waals surface area contributed by atoms with Crippen LogP contribution in [0.5, 0.6) is 0 Å². The summed E-state index contributed by atoms with van der Waals surface area (Å²) in [5.74, 6) is 1.83. The van der Waals surface area contributed by atoms with E-state index < -0.39 is 5.97 Å². The molecule has 28 heavy (non-hydrogen) atoms. The summed E-state index contributed by atoms with van der Waals surface area (Å²) in [5, 5.41) is 8.70. The van der Waals surface area contributed by atoms with Gasteiger partial charge in [0.05, 0.1) is 6.10 Å². The Hall–Kier alpha value is -0.610. The zero-order valence-corrected chi connectivity index (χ0v) is 19.1. The van der Waals surface area contributed by atoms with Crippen LogP contribution in [0.25, 0.3) is 0 Å². The van der Waals surface area contributed by atoms with Crippen molar-refractivity contribution >= 4 is 5.97 Å². The molecule has 0 aromatic carbocycles. The first kappa shape index (κ1) is 25.4. The fourth-order valence-corrected chi connectivity index (χ4v) is 4.41. The normalized spacial score (nSPS) is 20.4. The molecule has 0 bridgehead atoms. The highest BCUT2D eigenvalue weighted by Crippen LogP contribution is 2.26. The number of unbranched alkanes of at least 4 members (excludes halogenated alkanes) is 1. The third kappa shape index (κ3) is 12.1. The molecular weight excluding hydrogens is 350 g/mol. The number of carboxylic acid groups (broad SMARTS) is 1. The summed E-state index contributed by atoms with van der Waals surface area (Å²) in [6.45, 7) is 13.5. The number of rotatable bonds is 16. The maximum Gasteiger partial charge on any atom is 0.303 e. The standard InChI is InChI=1S/C24H47NO3/c1-5-6-11-22(20(2)3)15-14-21(4)10-7-16-25-17-8-12-23(19-25)28-18-9-13-24(26)27/h20-23H,5-19H2,1-4H3,(H,26,27)/t21?,22?,23-/m1/s1. The van der Waals surface area contributed by atoms with E-state index in [0.717, 1.165) is 30.7 Å². The predicted octanol–water partition coefficient (Wildman–Crippen LogP) is 5.99. The number of ether oxygens (including phenoxy) is 1. The van der Waals surface area contributed by atoms with Crippen LogP contribution in [0.3, 0.4) is 0 Å². The van der Waals surface area contributed by atoms with Gasteiger partial charge in [-0.15, -0.1) is 0 Å². The van der Waals surface area contributed by atoms with Crippen LogP contribution in [-0.4, -0.2) is 48.3 Å². The second-order valence-electron chi connectivity index (χ2n) is 9.40. The first-order valence-electron chi connectivity index (χ1n) is 12.0. The smallest absolute Gasteiger partial charge is 0.303 e. The minimum Gasteiger partial charge on any atom is -0.481 e. The van der Waals surface area contributed by atoms with E-state index in [1.807, 2.05) is 0 Å². The van der Waals surface area contributed by atoms with Crippen molar-refractivity contribution in [3.63, 3.8) is 0 Å². The van der Waals surface area contributed by atoms with Gasteiger partial charge in [-0.05, 0) is 69.4 Å². The van der Waals surface area contributed by atoms with Crippen molar-refractivity contribution in [2.75, 3.05) is 26.2 Å². The lowest BCUT2D eigenvalue weighted by Crippen LogP contribution is -2.40. The van der Waals surface area contributed by atoms with E-state index in [-0.39, 0.29) is 6.42 Å². The summed E-state index contributed by atoms with van der Waals surface area (Å²) < 4.78 is 5.91. The fraction of sp³-hybridized carbons (Fsp3) is 0.958. The molecule has 1 heterocycles. The molecule has 1 aliphatic rings. The topological polar surface area (TPSA) is 49.8 Å². The third-order valence-electron chi connectivity index (χ3n) is 6.42. The molecule has 0 aromatic rings. The van der Waals surface area contributed by atoms with Gasteiger partial charge in [0, 0.05) is 19.6 Å². The SMILES string of the molecule is CCCCC(CCC(C)CCCN1CCC[C@@H](OCCCC(=O)O)C1)C(C)C. The van der Waals surface area contributed by atoms with Crippen LogP contribution in [-0.2, 0) is 9.53 Å². The van der Waals surface area contributed by atoms with Gasteiger partial charge >= 0.3 is 5.97 Å². The van der Waals surface area contributed by atoms with Crippen LogP contribution in [0.2, 0.25) is 0 Å². The molecule has 166 valence electrons. The molecule has 0 aliphatic carbocycles. The Balaban J connectivity index is 2.15. The van der Waals surface area contributed by atoms with E-state index in [0.29, 0.717) is 19.1 Å².